The Labute approximate surface area is 171 Å². The van der Waals surface area contributed by atoms with E-state index < -0.39 is 0 Å². The molecule has 0 unspecified atom stereocenters. The SMILES string of the molecule is CCCCCCCCSc1cc(C)c(O)c(SCCCCCCCC)c1. The van der Waals surface area contributed by atoms with Crippen LogP contribution in [0.4, 0.5) is 0 Å². The lowest BCUT2D eigenvalue weighted by molar-refractivity contribution is 0.457. The van der Waals surface area contributed by atoms with Crippen LogP contribution in [0, 0.1) is 6.92 Å². The summed E-state index contributed by atoms with van der Waals surface area (Å²) in [6.45, 7) is 6.56. The lowest BCUT2D eigenvalue weighted by atomic mass is 10.1. The van der Waals surface area contributed by atoms with Crippen molar-refractivity contribution in [3.05, 3.63) is 17.7 Å². The highest BCUT2D eigenvalue weighted by molar-refractivity contribution is 8.00. The zero-order valence-corrected chi connectivity index (χ0v) is 19.0. The van der Waals surface area contributed by atoms with Crippen molar-refractivity contribution in [2.75, 3.05) is 11.5 Å². The standard InChI is InChI=1S/C23H40OS2/c1-4-6-8-10-12-14-16-25-21-18-20(3)23(24)22(19-21)26-17-15-13-11-9-7-5-2/h18-19,24H,4-17H2,1-3H3. The van der Waals surface area contributed by atoms with Gasteiger partial charge in [0.1, 0.15) is 5.75 Å². The molecule has 26 heavy (non-hydrogen) atoms. The summed E-state index contributed by atoms with van der Waals surface area (Å²) in [6.07, 6.45) is 16.1. The minimum atomic E-state index is 0.491. The quantitative estimate of drug-likeness (QED) is 0.223. The lowest BCUT2D eigenvalue weighted by Gasteiger charge is -2.11. The average Bonchev–Trinajstić information content (AvgIpc) is 2.63. The Morgan fingerprint density at radius 1 is 0.692 bits per heavy atom. The highest BCUT2D eigenvalue weighted by Gasteiger charge is 2.08. The predicted octanol–water partition coefficient (Wildman–Crippen LogP) is 8.61. The van der Waals surface area contributed by atoms with Crippen molar-refractivity contribution >= 4 is 23.5 Å². The van der Waals surface area contributed by atoms with Crippen molar-refractivity contribution in [1.82, 2.24) is 0 Å². The third kappa shape index (κ3) is 10.8. The molecule has 1 nitrogen and oxygen atoms in total. The zero-order valence-electron chi connectivity index (χ0n) is 17.3. The Balaban J connectivity index is 2.31. The van der Waals surface area contributed by atoms with Gasteiger partial charge in [-0.1, -0.05) is 78.1 Å². The van der Waals surface area contributed by atoms with Gasteiger partial charge in [-0.2, -0.15) is 0 Å². The van der Waals surface area contributed by atoms with Crippen molar-refractivity contribution < 1.29 is 5.11 Å². The first-order valence-electron chi connectivity index (χ1n) is 10.8. The first kappa shape index (κ1) is 23.8. The fourth-order valence-corrected chi connectivity index (χ4v) is 5.24. The van der Waals surface area contributed by atoms with Crippen LogP contribution in [0.15, 0.2) is 21.9 Å². The molecule has 0 heterocycles. The molecule has 0 fully saturated rings. The summed E-state index contributed by atoms with van der Waals surface area (Å²) < 4.78 is 0. The van der Waals surface area contributed by atoms with Gasteiger partial charge in [-0.3, -0.25) is 0 Å². The van der Waals surface area contributed by atoms with Gasteiger partial charge in [0.2, 0.25) is 0 Å². The van der Waals surface area contributed by atoms with E-state index in [9.17, 15) is 5.11 Å². The number of phenolic OH excluding ortho intramolecular Hbond substituents is 1. The molecule has 0 saturated heterocycles. The van der Waals surface area contributed by atoms with E-state index in [1.165, 1.54) is 87.7 Å². The zero-order chi connectivity index (χ0) is 19.0. The van der Waals surface area contributed by atoms with E-state index in [0.29, 0.717) is 5.75 Å². The van der Waals surface area contributed by atoms with Crippen LogP contribution in [0.5, 0.6) is 5.75 Å². The van der Waals surface area contributed by atoms with Gasteiger partial charge in [-0.15, -0.1) is 23.5 Å². The third-order valence-corrected chi connectivity index (χ3v) is 6.94. The van der Waals surface area contributed by atoms with E-state index >= 15 is 0 Å². The van der Waals surface area contributed by atoms with E-state index in [4.69, 9.17) is 0 Å². The predicted molar refractivity (Wildman–Crippen MR) is 121 cm³/mol. The van der Waals surface area contributed by atoms with E-state index in [1.54, 1.807) is 0 Å². The summed E-state index contributed by atoms with van der Waals surface area (Å²) >= 11 is 3.78. The van der Waals surface area contributed by atoms with E-state index in [-0.39, 0.29) is 0 Å². The van der Waals surface area contributed by atoms with Gasteiger partial charge in [0.05, 0.1) is 4.90 Å². The normalized spacial score (nSPS) is 11.2. The van der Waals surface area contributed by atoms with Gasteiger partial charge in [0, 0.05) is 4.90 Å². The number of aryl methyl sites for hydroxylation is 1. The van der Waals surface area contributed by atoms with Crippen LogP contribution in [-0.2, 0) is 0 Å². The van der Waals surface area contributed by atoms with Gasteiger partial charge < -0.3 is 5.11 Å². The van der Waals surface area contributed by atoms with Crippen molar-refractivity contribution in [3.8, 4) is 5.75 Å². The third-order valence-electron chi connectivity index (χ3n) is 4.76. The molecule has 0 spiro atoms. The number of phenols is 1. The smallest absolute Gasteiger partial charge is 0.132 e. The fourth-order valence-electron chi connectivity index (χ4n) is 3.05. The molecule has 0 aromatic heterocycles. The van der Waals surface area contributed by atoms with E-state index in [1.807, 2.05) is 30.4 Å². The number of thioether (sulfide) groups is 2. The Bertz CT molecular complexity index is 474. The molecule has 0 saturated carbocycles. The summed E-state index contributed by atoms with van der Waals surface area (Å²) in [5, 5.41) is 10.4. The molecular weight excluding hydrogens is 356 g/mol. The second kappa shape index (κ2) is 15.7. The Morgan fingerprint density at radius 2 is 1.19 bits per heavy atom. The monoisotopic (exact) mass is 396 g/mol. The van der Waals surface area contributed by atoms with E-state index in [2.05, 4.69) is 26.0 Å². The molecule has 1 aromatic rings. The first-order valence-corrected chi connectivity index (χ1v) is 12.7. The number of benzene rings is 1. The summed E-state index contributed by atoms with van der Waals surface area (Å²) in [5.41, 5.74) is 1.02. The Morgan fingerprint density at radius 3 is 1.77 bits per heavy atom. The molecule has 0 aliphatic rings. The second-order valence-electron chi connectivity index (χ2n) is 7.32. The summed E-state index contributed by atoms with van der Waals surface area (Å²) in [4.78, 5) is 2.39. The molecular formula is C23H40OS2. The van der Waals surface area contributed by atoms with Gasteiger partial charge >= 0.3 is 0 Å². The van der Waals surface area contributed by atoms with Crippen molar-refractivity contribution in [2.45, 2.75) is 108 Å². The Hall–Kier alpha value is -0.280. The van der Waals surface area contributed by atoms with Crippen molar-refractivity contribution in [1.29, 1.82) is 0 Å². The van der Waals surface area contributed by atoms with Gasteiger partial charge in [-0.25, -0.2) is 0 Å². The number of hydrogen-bond acceptors (Lipinski definition) is 3. The second-order valence-corrected chi connectivity index (χ2v) is 9.62. The van der Waals surface area contributed by atoms with Crippen LogP contribution < -0.4 is 0 Å². The van der Waals surface area contributed by atoms with Crippen LogP contribution in [0.3, 0.4) is 0 Å². The Kier molecular flexibility index (Phi) is 14.4. The largest absolute Gasteiger partial charge is 0.507 e. The number of unbranched alkanes of at least 4 members (excludes halogenated alkanes) is 10. The van der Waals surface area contributed by atoms with Gasteiger partial charge in [0.15, 0.2) is 0 Å². The maximum Gasteiger partial charge on any atom is 0.132 e. The molecule has 0 aliphatic heterocycles. The van der Waals surface area contributed by atoms with Crippen LogP contribution >= 0.6 is 23.5 Å². The van der Waals surface area contributed by atoms with E-state index in [0.717, 1.165) is 16.2 Å². The highest BCUT2D eigenvalue weighted by Crippen LogP contribution is 2.36. The summed E-state index contributed by atoms with van der Waals surface area (Å²) in [6, 6.07) is 4.34. The maximum atomic E-state index is 10.4. The first-order chi connectivity index (χ1) is 12.7. The molecule has 1 rings (SSSR count). The molecule has 0 atom stereocenters. The molecule has 0 amide bonds. The summed E-state index contributed by atoms with van der Waals surface area (Å²) in [7, 11) is 0. The van der Waals surface area contributed by atoms with Crippen LogP contribution in [-0.4, -0.2) is 16.6 Å². The lowest BCUT2D eigenvalue weighted by Crippen LogP contribution is -1.87. The van der Waals surface area contributed by atoms with Crippen LogP contribution in [0.25, 0.3) is 0 Å². The maximum absolute atomic E-state index is 10.4. The minimum Gasteiger partial charge on any atom is -0.507 e. The topological polar surface area (TPSA) is 20.2 Å². The van der Waals surface area contributed by atoms with Crippen LogP contribution in [0.1, 0.15) is 96.5 Å². The molecule has 0 bridgehead atoms. The molecule has 1 N–H and O–H groups in total. The highest BCUT2D eigenvalue weighted by atomic mass is 32.2. The number of aromatic hydroxyl groups is 1. The van der Waals surface area contributed by atoms with Gasteiger partial charge in [-0.05, 0) is 49.0 Å². The molecule has 3 heteroatoms. The molecule has 0 aliphatic carbocycles. The number of rotatable bonds is 16. The summed E-state index contributed by atoms with van der Waals surface area (Å²) in [5.74, 6) is 2.80. The van der Waals surface area contributed by atoms with Gasteiger partial charge in [0.25, 0.3) is 0 Å². The minimum absolute atomic E-state index is 0.491. The number of hydrogen-bond donors (Lipinski definition) is 1. The molecule has 1 aromatic carbocycles. The molecule has 0 radical (unpaired) electrons. The fraction of sp³-hybridized carbons (Fsp3) is 0.739. The van der Waals surface area contributed by atoms with Crippen molar-refractivity contribution in [2.24, 2.45) is 0 Å². The van der Waals surface area contributed by atoms with Crippen molar-refractivity contribution in [3.63, 3.8) is 0 Å². The van der Waals surface area contributed by atoms with Crippen LogP contribution in [0.2, 0.25) is 0 Å². The molecule has 150 valence electrons. The average molecular weight is 397 g/mol.